The summed E-state index contributed by atoms with van der Waals surface area (Å²) < 4.78 is 33.6. The highest BCUT2D eigenvalue weighted by molar-refractivity contribution is 5.81. The SMILES string of the molecule is CCC1(CO)OC2CCC1CC2.CCOC(=O)C1(CC)OC2C=CC1CC2.CCOC(=O)C1(CC)OC2CCC1CC2.O=C=O.O=C=O.O=C=O.O=C=O.OCC1OC2CCC1CC2.c1ccccc1. The molecule has 13 rings (SSSR count). The monoisotopic (exact) mass is 989 g/mol. The number of aliphatic hydroxyl groups excluding tert-OH is 2. The van der Waals surface area contributed by atoms with Crippen LogP contribution in [0.5, 0.6) is 0 Å². The van der Waals surface area contributed by atoms with Crippen molar-refractivity contribution in [2.75, 3.05) is 26.4 Å². The fourth-order valence-corrected chi connectivity index (χ4v) is 10.9. The average Bonchev–Trinajstić information content (AvgIpc) is 3.42. The Morgan fingerprint density at radius 3 is 1.19 bits per heavy atom. The van der Waals surface area contributed by atoms with E-state index in [0.717, 1.165) is 51.4 Å². The van der Waals surface area contributed by atoms with Crippen molar-refractivity contribution in [1.29, 1.82) is 0 Å². The van der Waals surface area contributed by atoms with Crippen molar-refractivity contribution in [3.8, 4) is 0 Å². The van der Waals surface area contributed by atoms with Gasteiger partial charge in [0.2, 0.25) is 0 Å². The van der Waals surface area contributed by atoms with E-state index in [4.69, 9.17) is 71.9 Å². The maximum atomic E-state index is 12.0. The van der Waals surface area contributed by atoms with Crippen LogP contribution in [0.1, 0.15) is 144 Å². The Morgan fingerprint density at radius 2 is 0.943 bits per heavy atom. The van der Waals surface area contributed by atoms with E-state index < -0.39 is 11.2 Å². The molecule has 18 heteroatoms. The van der Waals surface area contributed by atoms with E-state index in [1.165, 1.54) is 51.4 Å². The van der Waals surface area contributed by atoms with Gasteiger partial charge in [0, 0.05) is 5.92 Å². The minimum absolute atomic E-state index is 0.111. The van der Waals surface area contributed by atoms with Gasteiger partial charge in [0.25, 0.3) is 0 Å². The van der Waals surface area contributed by atoms with Gasteiger partial charge < -0.3 is 38.6 Å². The first kappa shape index (κ1) is 63.2. The molecule has 7 saturated heterocycles. The molecule has 10 fully saturated rings. The van der Waals surface area contributed by atoms with E-state index in [9.17, 15) is 14.7 Å². The molecule has 0 spiro atoms. The van der Waals surface area contributed by atoms with Crippen molar-refractivity contribution in [1.82, 2.24) is 0 Å². The van der Waals surface area contributed by atoms with Crippen molar-refractivity contribution < 1.29 is 86.6 Å². The maximum absolute atomic E-state index is 12.0. The van der Waals surface area contributed by atoms with Crippen LogP contribution in [0.15, 0.2) is 48.6 Å². The number of fused-ring (bicyclic) bond motifs is 11. The van der Waals surface area contributed by atoms with Crippen LogP contribution in [0, 0.1) is 23.7 Å². The van der Waals surface area contributed by atoms with Gasteiger partial charge in [-0.2, -0.15) is 38.4 Å². The van der Waals surface area contributed by atoms with Gasteiger partial charge in [-0.1, -0.05) is 69.3 Å². The number of ether oxygens (including phenoxy) is 6. The molecule has 1 aromatic rings. The molecule has 3 saturated carbocycles. The first-order chi connectivity index (χ1) is 33.8. The summed E-state index contributed by atoms with van der Waals surface area (Å²) in [5.41, 5.74) is -1.48. The second kappa shape index (κ2) is 35.3. The smallest absolute Gasteiger partial charge is 0.373 e. The largest absolute Gasteiger partial charge is 0.464 e. The van der Waals surface area contributed by atoms with Gasteiger partial charge in [-0.05, 0) is 141 Å². The normalized spacial score (nSPS) is 32.2. The van der Waals surface area contributed by atoms with Crippen molar-refractivity contribution in [3.05, 3.63) is 48.6 Å². The molecule has 0 amide bonds. The van der Waals surface area contributed by atoms with Crippen LogP contribution in [-0.2, 0) is 76.4 Å². The van der Waals surface area contributed by atoms with Gasteiger partial charge in [-0.15, -0.1) is 0 Å². The zero-order valence-electron chi connectivity index (χ0n) is 41.6. The summed E-state index contributed by atoms with van der Waals surface area (Å²) in [5.74, 6) is 1.54. The highest BCUT2D eigenvalue weighted by atomic mass is 16.6. The van der Waals surface area contributed by atoms with Crippen LogP contribution in [0.25, 0.3) is 0 Å². The second-order valence-corrected chi connectivity index (χ2v) is 17.8. The third kappa shape index (κ3) is 18.7. The van der Waals surface area contributed by atoms with E-state index in [-0.39, 0.29) is 73.5 Å². The third-order valence-corrected chi connectivity index (χ3v) is 14.4. The number of benzene rings is 1. The molecular formula is C52H76O18. The molecule has 8 heterocycles. The first-order valence-electron chi connectivity index (χ1n) is 24.7. The lowest BCUT2D eigenvalue weighted by molar-refractivity contribution is -0.221. The first-order valence-corrected chi connectivity index (χ1v) is 24.7. The second-order valence-electron chi connectivity index (χ2n) is 17.8. The van der Waals surface area contributed by atoms with Crippen molar-refractivity contribution in [3.63, 3.8) is 0 Å². The molecule has 1 aromatic carbocycles. The summed E-state index contributed by atoms with van der Waals surface area (Å²) in [6.07, 6.45) is 25.6. The molecule has 0 aromatic heterocycles. The minimum atomic E-state index is -0.701. The lowest BCUT2D eigenvalue weighted by Crippen LogP contribution is -2.57. The number of carbonyl (C=O) groups excluding carboxylic acids is 10. The van der Waals surface area contributed by atoms with Gasteiger partial charge in [-0.25, -0.2) is 9.59 Å². The number of rotatable bonds is 9. The maximum Gasteiger partial charge on any atom is 0.373 e. The molecule has 8 aliphatic heterocycles. The molecule has 8 bridgehead atoms. The molecular weight excluding hydrogens is 913 g/mol. The summed E-state index contributed by atoms with van der Waals surface area (Å²) in [4.78, 5) is 89.0. The molecule has 4 aliphatic carbocycles. The van der Waals surface area contributed by atoms with Crippen LogP contribution in [0.2, 0.25) is 0 Å². The molecule has 70 heavy (non-hydrogen) atoms. The summed E-state index contributed by atoms with van der Waals surface area (Å²) in [6, 6.07) is 12.0. The quantitative estimate of drug-likeness (QED) is 0.201. The van der Waals surface area contributed by atoms with Gasteiger partial charge >= 0.3 is 36.5 Å². The summed E-state index contributed by atoms with van der Waals surface area (Å²) >= 11 is 0. The number of hydrogen-bond donors (Lipinski definition) is 2. The van der Waals surface area contributed by atoms with E-state index in [2.05, 4.69) is 19.1 Å². The van der Waals surface area contributed by atoms with Crippen LogP contribution in [0.4, 0.5) is 0 Å². The standard InChI is InChI=1S/C12H20O3.C12H18O3.C10H18O2.C8H14O2.C6H6.4CO2/c2*1-3-12(11(13)14-4-2)9-5-7-10(15-12)8-6-9;1-2-10(7-11)8-3-5-9(12-10)6-4-8;9-5-8-6-1-3-7(10-8)4-2-6;1-2-4-6-5-3-1;4*2-1-3/h9-10H,3-8H2,1-2H3;5,7,9-10H,3-4,6,8H2,1-2H3;8-9,11H,2-7H2,1H3;6-9H,1-5H2;1-6H;;;;. The number of hydrogen-bond acceptors (Lipinski definition) is 18. The molecule has 18 nitrogen and oxygen atoms in total. The molecule has 6 unspecified atom stereocenters. The highest BCUT2D eigenvalue weighted by Crippen LogP contribution is 2.47. The van der Waals surface area contributed by atoms with Crippen LogP contribution >= 0.6 is 0 Å². The Labute approximate surface area is 411 Å². The fourth-order valence-electron chi connectivity index (χ4n) is 10.9. The van der Waals surface area contributed by atoms with Crippen molar-refractivity contribution in [2.45, 2.75) is 191 Å². The molecule has 392 valence electrons. The van der Waals surface area contributed by atoms with Crippen LogP contribution in [-0.4, -0.2) is 121 Å². The Balaban J connectivity index is 0.000000421. The van der Waals surface area contributed by atoms with Crippen LogP contribution < -0.4 is 0 Å². The number of esters is 2. The van der Waals surface area contributed by atoms with Crippen molar-refractivity contribution in [2.24, 2.45) is 23.7 Å². The van der Waals surface area contributed by atoms with Gasteiger partial charge in [0.15, 0.2) is 11.2 Å². The highest BCUT2D eigenvalue weighted by Gasteiger charge is 2.54. The van der Waals surface area contributed by atoms with E-state index in [1.807, 2.05) is 64.1 Å². The Hall–Kier alpha value is -4.82. The molecule has 6 atom stereocenters. The summed E-state index contributed by atoms with van der Waals surface area (Å²) in [7, 11) is 0. The van der Waals surface area contributed by atoms with Gasteiger partial charge in [-0.3, -0.25) is 0 Å². The fraction of sp³-hybridized carbons (Fsp3) is 0.731. The number of carbonyl (C=O) groups is 2. The predicted octanol–water partition coefficient (Wildman–Crippen LogP) is 6.36. The minimum Gasteiger partial charge on any atom is -0.464 e. The Kier molecular flexibility index (Phi) is 31.9. The predicted molar refractivity (Wildman–Crippen MR) is 244 cm³/mol. The molecule has 12 aliphatic rings. The van der Waals surface area contributed by atoms with Crippen molar-refractivity contribution >= 4 is 36.5 Å². The van der Waals surface area contributed by atoms with Crippen LogP contribution in [0.3, 0.4) is 0 Å². The lowest BCUT2D eigenvalue weighted by Gasteiger charge is -2.50. The topological polar surface area (TPSA) is 267 Å². The van der Waals surface area contributed by atoms with E-state index >= 15 is 0 Å². The third-order valence-electron chi connectivity index (χ3n) is 14.4. The average molecular weight is 989 g/mol. The lowest BCUT2D eigenvalue weighted by atomic mass is 9.71. The van der Waals surface area contributed by atoms with Gasteiger partial charge in [0.05, 0.1) is 62.5 Å². The summed E-state index contributed by atoms with van der Waals surface area (Å²) in [6.45, 7) is 11.1. The summed E-state index contributed by atoms with van der Waals surface area (Å²) in [5, 5.41) is 18.2. The Bertz CT molecular complexity index is 1680. The zero-order chi connectivity index (χ0) is 52.4. The van der Waals surface area contributed by atoms with E-state index in [0.29, 0.717) is 55.7 Å². The van der Waals surface area contributed by atoms with E-state index in [1.54, 1.807) is 0 Å². The number of aliphatic hydroxyl groups is 2. The van der Waals surface area contributed by atoms with Gasteiger partial charge in [0.1, 0.15) is 0 Å². The Morgan fingerprint density at radius 1 is 0.514 bits per heavy atom. The molecule has 2 N–H and O–H groups in total. The molecule has 0 radical (unpaired) electrons. The zero-order valence-corrected chi connectivity index (χ0v) is 41.6.